The molecule has 10 nitrogen and oxygen atoms in total. The van der Waals surface area contributed by atoms with E-state index in [-0.39, 0.29) is 13.1 Å². The van der Waals surface area contributed by atoms with Gasteiger partial charge in [0.25, 0.3) is 25.2 Å². The van der Waals surface area contributed by atoms with Crippen molar-refractivity contribution in [2.24, 2.45) is 0 Å². The molecule has 184 valence electrons. The summed E-state index contributed by atoms with van der Waals surface area (Å²) in [5.74, 6) is 0.344. The number of furan rings is 1. The fourth-order valence-corrected chi connectivity index (χ4v) is 6.74. The highest BCUT2D eigenvalue weighted by atomic mass is 32.2. The fraction of sp³-hybridized carbons (Fsp3) is 0.350. The highest BCUT2D eigenvalue weighted by Gasteiger charge is 2.31. The summed E-state index contributed by atoms with van der Waals surface area (Å²) in [6.45, 7) is 3.71. The summed E-state index contributed by atoms with van der Waals surface area (Å²) < 4.78 is 78.1. The Kier molecular flexibility index (Phi) is 6.74. The van der Waals surface area contributed by atoms with Crippen LogP contribution in [0.25, 0.3) is 16.5 Å². The van der Waals surface area contributed by atoms with Crippen molar-refractivity contribution in [1.82, 2.24) is 0 Å². The van der Waals surface area contributed by atoms with Crippen LogP contribution in [0.5, 0.6) is 5.75 Å². The SMILES string of the molecule is COc1ccc2c(c1)N(CCS(=O)(=O)O)C(=Cc1sc3c(C)c(C)oc3[n+]1CCS(=O)(=O)O)S2. The topological polar surface area (TPSA) is 138 Å². The Labute approximate surface area is 205 Å². The van der Waals surface area contributed by atoms with E-state index in [1.165, 1.54) is 30.2 Å². The second-order valence-electron chi connectivity index (χ2n) is 7.65. The number of hydrogen-bond donors (Lipinski definition) is 2. The first-order valence-electron chi connectivity index (χ1n) is 10.0. The lowest BCUT2D eigenvalue weighted by molar-refractivity contribution is -0.670. The Morgan fingerprint density at radius 2 is 1.85 bits per heavy atom. The minimum atomic E-state index is -4.21. The van der Waals surface area contributed by atoms with Crippen molar-refractivity contribution in [3.63, 3.8) is 0 Å². The molecule has 0 saturated heterocycles. The number of anilines is 1. The highest BCUT2D eigenvalue weighted by molar-refractivity contribution is 8.04. The van der Waals surface area contributed by atoms with E-state index in [2.05, 4.69) is 0 Å². The fourth-order valence-electron chi connectivity index (χ4n) is 3.53. The van der Waals surface area contributed by atoms with Crippen LogP contribution in [-0.4, -0.2) is 51.1 Å². The van der Waals surface area contributed by atoms with Gasteiger partial charge in [-0.25, -0.2) is 0 Å². The maximum atomic E-state index is 11.5. The molecule has 0 fully saturated rings. The van der Waals surface area contributed by atoms with Crippen molar-refractivity contribution in [1.29, 1.82) is 0 Å². The average molecular weight is 548 g/mol. The molecule has 3 heterocycles. The van der Waals surface area contributed by atoms with Crippen LogP contribution in [0.3, 0.4) is 0 Å². The first-order valence-corrected chi connectivity index (χ1v) is 14.9. The number of thiazole rings is 1. The molecule has 4 rings (SSSR count). The molecular weight excluding hydrogens is 524 g/mol. The Balaban J connectivity index is 1.81. The summed E-state index contributed by atoms with van der Waals surface area (Å²) in [7, 11) is -6.87. The lowest BCUT2D eigenvalue weighted by atomic mass is 10.2. The third-order valence-electron chi connectivity index (χ3n) is 5.36. The van der Waals surface area contributed by atoms with Gasteiger partial charge in [-0.15, -0.1) is 4.57 Å². The number of aromatic nitrogens is 1. The number of nitrogens with zero attached hydrogens (tertiary/aromatic N) is 2. The van der Waals surface area contributed by atoms with Crippen molar-refractivity contribution in [2.75, 3.05) is 30.1 Å². The molecule has 0 aliphatic carbocycles. The van der Waals surface area contributed by atoms with Gasteiger partial charge in [-0.2, -0.15) is 16.8 Å². The molecule has 0 spiro atoms. The van der Waals surface area contributed by atoms with Gasteiger partial charge in [0, 0.05) is 23.1 Å². The Morgan fingerprint density at radius 1 is 1.15 bits per heavy atom. The van der Waals surface area contributed by atoms with Gasteiger partial charge in [0.2, 0.25) is 0 Å². The molecule has 1 aliphatic heterocycles. The van der Waals surface area contributed by atoms with Crippen LogP contribution in [0.2, 0.25) is 0 Å². The predicted molar refractivity (Wildman–Crippen MR) is 131 cm³/mol. The van der Waals surface area contributed by atoms with Gasteiger partial charge in [-0.1, -0.05) is 23.1 Å². The number of thioether (sulfide) groups is 1. The number of ether oxygens (including phenoxy) is 1. The summed E-state index contributed by atoms with van der Waals surface area (Å²) >= 11 is 2.82. The lowest BCUT2D eigenvalue weighted by Crippen LogP contribution is -2.38. The van der Waals surface area contributed by atoms with Gasteiger partial charge in [0.15, 0.2) is 11.2 Å². The van der Waals surface area contributed by atoms with Crippen molar-refractivity contribution in [3.8, 4) is 5.75 Å². The Morgan fingerprint density at radius 3 is 2.50 bits per heavy atom. The molecule has 0 bridgehead atoms. The molecule has 1 aromatic carbocycles. The molecule has 0 atom stereocenters. The van der Waals surface area contributed by atoms with Gasteiger partial charge in [0.05, 0.1) is 29.7 Å². The summed E-state index contributed by atoms with van der Waals surface area (Å²) in [4.78, 5) is 2.64. The van der Waals surface area contributed by atoms with Crippen LogP contribution >= 0.6 is 23.1 Å². The molecule has 0 saturated carbocycles. The van der Waals surface area contributed by atoms with E-state index < -0.39 is 31.7 Å². The number of benzene rings is 1. The van der Waals surface area contributed by atoms with Crippen molar-refractivity contribution in [2.45, 2.75) is 25.3 Å². The lowest BCUT2D eigenvalue weighted by Gasteiger charge is -2.19. The van der Waals surface area contributed by atoms with Crippen LogP contribution < -0.4 is 14.2 Å². The minimum Gasteiger partial charge on any atom is -0.497 e. The van der Waals surface area contributed by atoms with E-state index in [9.17, 15) is 25.9 Å². The predicted octanol–water partition coefficient (Wildman–Crippen LogP) is 3.09. The van der Waals surface area contributed by atoms with Crippen LogP contribution in [0.1, 0.15) is 16.3 Å². The number of methoxy groups -OCH3 is 1. The second kappa shape index (κ2) is 9.17. The average Bonchev–Trinajstić information content (AvgIpc) is 3.34. The maximum Gasteiger partial charge on any atom is 0.392 e. The molecule has 0 amide bonds. The Hall–Kier alpha value is -2.10. The van der Waals surface area contributed by atoms with Crippen molar-refractivity contribution in [3.05, 3.63) is 39.6 Å². The van der Waals surface area contributed by atoms with E-state index in [1.54, 1.807) is 21.6 Å². The van der Waals surface area contributed by atoms with Gasteiger partial charge < -0.3 is 14.1 Å². The molecule has 2 aromatic heterocycles. The smallest absolute Gasteiger partial charge is 0.392 e. The monoisotopic (exact) mass is 547 g/mol. The molecule has 14 heteroatoms. The van der Waals surface area contributed by atoms with Gasteiger partial charge in [-0.3, -0.25) is 9.11 Å². The molecular formula is C20H23N2O8S4+. The molecule has 1 aliphatic rings. The normalized spacial score (nSPS) is 15.4. The standard InChI is InChI=1S/C20H22N2O8S4/c1-12-13(2)30-20-19(12)32-18(22(20)7-9-34(26,27)28)11-17-21(6-8-33(23,24)25)15-10-14(29-3)4-5-16(15)31-17/h4-5,10-11H,6-9H2,1-3H3,(H-,23,24,25,26,27,28)/p+1. The minimum absolute atomic E-state index is 0.00246. The quantitative estimate of drug-likeness (QED) is 0.319. The number of aryl methyl sites for hydroxylation is 3. The van der Waals surface area contributed by atoms with Crippen LogP contribution in [0.4, 0.5) is 5.69 Å². The number of hydrogen-bond acceptors (Lipinski definition) is 9. The molecule has 0 unspecified atom stereocenters. The van der Waals surface area contributed by atoms with E-state index in [4.69, 9.17) is 9.15 Å². The second-order valence-corrected chi connectivity index (χ2v) is 12.9. The first-order chi connectivity index (χ1) is 15.9. The van der Waals surface area contributed by atoms with Crippen LogP contribution in [0, 0.1) is 13.8 Å². The first kappa shape index (κ1) is 25.0. The van der Waals surface area contributed by atoms with E-state index in [0.717, 1.165) is 20.8 Å². The molecule has 34 heavy (non-hydrogen) atoms. The number of rotatable bonds is 8. The van der Waals surface area contributed by atoms with Crippen LogP contribution in [-0.2, 0) is 26.8 Å². The van der Waals surface area contributed by atoms with Crippen molar-refractivity contribution >= 4 is 65.5 Å². The third-order valence-corrected chi connectivity index (χ3v) is 9.10. The molecule has 0 radical (unpaired) electrons. The highest BCUT2D eigenvalue weighted by Crippen LogP contribution is 2.48. The number of fused-ring (bicyclic) bond motifs is 2. The van der Waals surface area contributed by atoms with E-state index in [0.29, 0.717) is 27.3 Å². The summed E-state index contributed by atoms with van der Waals surface area (Å²) in [5, 5.41) is 1.35. The van der Waals surface area contributed by atoms with Gasteiger partial charge >= 0.3 is 5.71 Å². The zero-order valence-corrected chi connectivity index (χ0v) is 21.8. The zero-order valence-electron chi connectivity index (χ0n) is 18.5. The molecule has 3 aromatic rings. The summed E-state index contributed by atoms with van der Waals surface area (Å²) in [6, 6.07) is 5.44. The van der Waals surface area contributed by atoms with Crippen molar-refractivity contribution < 1.29 is 39.7 Å². The van der Waals surface area contributed by atoms with Gasteiger partial charge in [0.1, 0.15) is 17.3 Å². The Bertz CT molecular complexity index is 1500. The summed E-state index contributed by atoms with van der Waals surface area (Å²) in [6.07, 6.45) is 1.82. The largest absolute Gasteiger partial charge is 0.497 e. The van der Waals surface area contributed by atoms with Crippen LogP contribution in [0.15, 0.2) is 32.5 Å². The molecule has 2 N–H and O–H groups in total. The zero-order chi connectivity index (χ0) is 24.8. The summed E-state index contributed by atoms with van der Waals surface area (Å²) in [5.41, 5.74) is 2.17. The van der Waals surface area contributed by atoms with E-state index >= 15 is 0 Å². The van der Waals surface area contributed by atoms with Gasteiger partial charge in [-0.05, 0) is 26.0 Å². The maximum absolute atomic E-state index is 11.5. The van der Waals surface area contributed by atoms with E-state index in [1.807, 2.05) is 26.0 Å². The third kappa shape index (κ3) is 5.26.